The number of benzene rings is 1. The lowest BCUT2D eigenvalue weighted by atomic mass is 10.0. The van der Waals surface area contributed by atoms with Gasteiger partial charge < -0.3 is 0 Å². The zero-order valence-electron chi connectivity index (χ0n) is 9.07. The van der Waals surface area contributed by atoms with E-state index >= 15 is 0 Å². The number of halogens is 1. The van der Waals surface area contributed by atoms with Gasteiger partial charge in [-0.3, -0.25) is 0 Å². The molecular weight excluding hydrogens is 262 g/mol. The van der Waals surface area contributed by atoms with Crippen LogP contribution in [0.3, 0.4) is 0 Å². The van der Waals surface area contributed by atoms with Crippen LogP contribution in [0.15, 0.2) is 53.8 Å². The third-order valence-corrected chi connectivity index (χ3v) is 2.87. The number of pyridine rings is 1. The van der Waals surface area contributed by atoms with Crippen molar-refractivity contribution in [2.24, 2.45) is 0 Å². The molecule has 2 aromatic rings. The van der Waals surface area contributed by atoms with E-state index < -0.39 is 0 Å². The van der Waals surface area contributed by atoms with Gasteiger partial charge in [-0.2, -0.15) is 0 Å². The van der Waals surface area contributed by atoms with E-state index in [0.29, 0.717) is 0 Å². The van der Waals surface area contributed by atoms with E-state index in [1.165, 1.54) is 11.1 Å². The Kier molecular flexibility index (Phi) is 3.20. The summed E-state index contributed by atoms with van der Waals surface area (Å²) in [7, 11) is 0. The molecule has 0 N–H and O–H groups in total. The van der Waals surface area contributed by atoms with Crippen molar-refractivity contribution < 1.29 is 0 Å². The molecule has 0 aliphatic heterocycles. The predicted molar refractivity (Wildman–Crippen MR) is 72.1 cm³/mol. The molecule has 0 amide bonds. The molecule has 0 fully saturated rings. The molecule has 0 aliphatic carbocycles. The van der Waals surface area contributed by atoms with Crippen LogP contribution in [-0.2, 0) is 0 Å². The number of hydrogen-bond acceptors (Lipinski definition) is 1. The summed E-state index contributed by atoms with van der Waals surface area (Å²) in [6, 6.07) is 12.4. The highest BCUT2D eigenvalue weighted by molar-refractivity contribution is 9.10. The van der Waals surface area contributed by atoms with Crippen molar-refractivity contribution in [3.8, 4) is 11.1 Å². The zero-order valence-corrected chi connectivity index (χ0v) is 10.7. The van der Waals surface area contributed by atoms with Gasteiger partial charge in [0.1, 0.15) is 4.60 Å². The van der Waals surface area contributed by atoms with E-state index in [0.717, 1.165) is 15.7 Å². The van der Waals surface area contributed by atoms with Crippen molar-refractivity contribution in [2.75, 3.05) is 0 Å². The number of rotatable bonds is 2. The molecule has 0 radical (unpaired) electrons. The van der Waals surface area contributed by atoms with Crippen LogP contribution in [0.5, 0.6) is 0 Å². The molecular formula is C14H12BrN. The second-order valence-electron chi connectivity index (χ2n) is 3.72. The predicted octanol–water partition coefficient (Wildman–Crippen LogP) is 4.54. The summed E-state index contributed by atoms with van der Waals surface area (Å²) < 4.78 is 0.856. The van der Waals surface area contributed by atoms with Gasteiger partial charge in [-0.15, -0.1) is 0 Å². The van der Waals surface area contributed by atoms with Crippen molar-refractivity contribution in [3.63, 3.8) is 0 Å². The third-order valence-electron chi connectivity index (χ3n) is 2.44. The van der Waals surface area contributed by atoms with Crippen molar-refractivity contribution in [1.29, 1.82) is 0 Å². The molecule has 16 heavy (non-hydrogen) atoms. The van der Waals surface area contributed by atoms with Crippen molar-refractivity contribution >= 4 is 21.5 Å². The average molecular weight is 274 g/mol. The first-order chi connectivity index (χ1) is 7.66. The standard InChI is InChI=1S/C14H12BrN/c1-10(2)11-3-5-12(6-4-11)13-7-8-16-14(15)9-13/h3-9H,1H2,2H3. The maximum Gasteiger partial charge on any atom is 0.106 e. The Labute approximate surface area is 104 Å². The van der Waals surface area contributed by atoms with Crippen LogP contribution in [0, 0.1) is 0 Å². The van der Waals surface area contributed by atoms with Crippen molar-refractivity contribution in [3.05, 3.63) is 59.3 Å². The van der Waals surface area contributed by atoms with E-state index in [1.807, 2.05) is 19.1 Å². The highest BCUT2D eigenvalue weighted by Crippen LogP contribution is 2.23. The highest BCUT2D eigenvalue weighted by atomic mass is 79.9. The minimum absolute atomic E-state index is 0.856. The summed E-state index contributed by atoms with van der Waals surface area (Å²) in [5, 5.41) is 0. The molecule has 80 valence electrons. The molecule has 0 saturated heterocycles. The number of nitrogens with zero attached hydrogens (tertiary/aromatic N) is 1. The minimum Gasteiger partial charge on any atom is -0.249 e. The first kappa shape index (κ1) is 11.1. The molecule has 1 heterocycles. The van der Waals surface area contributed by atoms with Crippen molar-refractivity contribution in [2.45, 2.75) is 6.92 Å². The quantitative estimate of drug-likeness (QED) is 0.732. The third kappa shape index (κ3) is 2.39. The van der Waals surface area contributed by atoms with Gasteiger partial charge in [0.25, 0.3) is 0 Å². The minimum atomic E-state index is 0.856. The van der Waals surface area contributed by atoms with E-state index in [4.69, 9.17) is 0 Å². The van der Waals surface area contributed by atoms with Crippen LogP contribution < -0.4 is 0 Å². The van der Waals surface area contributed by atoms with E-state index in [1.54, 1.807) is 6.20 Å². The van der Waals surface area contributed by atoms with Crippen LogP contribution in [0.4, 0.5) is 0 Å². The van der Waals surface area contributed by atoms with Crippen LogP contribution in [0.25, 0.3) is 16.7 Å². The molecule has 1 aromatic heterocycles. The van der Waals surface area contributed by atoms with Gasteiger partial charge >= 0.3 is 0 Å². The molecule has 1 nitrogen and oxygen atoms in total. The molecule has 0 unspecified atom stereocenters. The Hall–Kier alpha value is -1.41. The van der Waals surface area contributed by atoms with Gasteiger partial charge in [0.15, 0.2) is 0 Å². The Morgan fingerprint density at radius 2 is 1.81 bits per heavy atom. The molecule has 0 spiro atoms. The SMILES string of the molecule is C=C(C)c1ccc(-c2ccnc(Br)c2)cc1. The molecule has 2 rings (SSSR count). The summed E-state index contributed by atoms with van der Waals surface area (Å²) >= 11 is 3.37. The largest absolute Gasteiger partial charge is 0.249 e. The molecule has 0 saturated carbocycles. The van der Waals surface area contributed by atoms with Crippen LogP contribution in [0.1, 0.15) is 12.5 Å². The molecule has 0 bridgehead atoms. The van der Waals surface area contributed by atoms with Crippen LogP contribution in [-0.4, -0.2) is 4.98 Å². The van der Waals surface area contributed by atoms with E-state index in [2.05, 4.69) is 51.8 Å². The molecule has 1 aromatic carbocycles. The summed E-state index contributed by atoms with van der Waals surface area (Å²) in [6.07, 6.45) is 1.80. The molecule has 0 aliphatic rings. The number of hydrogen-bond donors (Lipinski definition) is 0. The summed E-state index contributed by atoms with van der Waals surface area (Å²) in [4.78, 5) is 4.11. The first-order valence-electron chi connectivity index (χ1n) is 5.05. The molecule has 2 heteroatoms. The van der Waals surface area contributed by atoms with Crippen molar-refractivity contribution in [1.82, 2.24) is 4.98 Å². The lowest BCUT2D eigenvalue weighted by Gasteiger charge is -2.04. The normalized spacial score (nSPS) is 10.1. The van der Waals surface area contributed by atoms with Gasteiger partial charge in [0.2, 0.25) is 0 Å². The molecule has 0 atom stereocenters. The Morgan fingerprint density at radius 1 is 1.12 bits per heavy atom. The van der Waals surface area contributed by atoms with Gasteiger partial charge in [0.05, 0.1) is 0 Å². The lowest BCUT2D eigenvalue weighted by Crippen LogP contribution is -1.82. The topological polar surface area (TPSA) is 12.9 Å². The Bertz CT molecular complexity index is 515. The van der Waals surface area contributed by atoms with Crippen LogP contribution >= 0.6 is 15.9 Å². The summed E-state index contributed by atoms with van der Waals surface area (Å²) in [5.41, 5.74) is 4.61. The lowest BCUT2D eigenvalue weighted by molar-refractivity contribution is 1.28. The fourth-order valence-electron chi connectivity index (χ4n) is 1.53. The second kappa shape index (κ2) is 4.62. The van der Waals surface area contributed by atoms with Gasteiger partial charge in [-0.05, 0) is 51.7 Å². The van der Waals surface area contributed by atoms with Gasteiger partial charge in [-0.25, -0.2) is 4.98 Å². The van der Waals surface area contributed by atoms with Gasteiger partial charge in [-0.1, -0.05) is 36.4 Å². The first-order valence-corrected chi connectivity index (χ1v) is 5.84. The summed E-state index contributed by atoms with van der Waals surface area (Å²) in [5.74, 6) is 0. The highest BCUT2D eigenvalue weighted by Gasteiger charge is 1.99. The zero-order chi connectivity index (χ0) is 11.5. The Morgan fingerprint density at radius 3 is 2.38 bits per heavy atom. The fourth-order valence-corrected chi connectivity index (χ4v) is 1.89. The number of aromatic nitrogens is 1. The average Bonchev–Trinajstić information content (AvgIpc) is 2.29. The Balaban J connectivity index is 2.38. The van der Waals surface area contributed by atoms with E-state index in [-0.39, 0.29) is 0 Å². The maximum atomic E-state index is 4.11. The monoisotopic (exact) mass is 273 g/mol. The van der Waals surface area contributed by atoms with Gasteiger partial charge in [0, 0.05) is 6.20 Å². The second-order valence-corrected chi connectivity index (χ2v) is 4.54. The van der Waals surface area contributed by atoms with Crippen LogP contribution in [0.2, 0.25) is 0 Å². The smallest absolute Gasteiger partial charge is 0.106 e. The van der Waals surface area contributed by atoms with E-state index in [9.17, 15) is 0 Å². The summed E-state index contributed by atoms with van der Waals surface area (Å²) in [6.45, 7) is 5.94. The fraction of sp³-hybridized carbons (Fsp3) is 0.0714. The number of allylic oxidation sites excluding steroid dienone is 1. The maximum absolute atomic E-state index is 4.11.